The smallest absolute Gasteiger partial charge is 0.142 e. The number of nitrogens with zero attached hydrogens (tertiary/aromatic N) is 4. The zero-order valence-electron chi connectivity index (χ0n) is 18.9. The highest BCUT2D eigenvalue weighted by molar-refractivity contribution is 7.22. The fourth-order valence-electron chi connectivity index (χ4n) is 4.50. The summed E-state index contributed by atoms with van der Waals surface area (Å²) >= 11 is 8.09. The summed E-state index contributed by atoms with van der Waals surface area (Å²) in [5.74, 6) is 0.900. The van der Waals surface area contributed by atoms with E-state index in [1.54, 1.807) is 46.6 Å². The quantitative estimate of drug-likeness (QED) is 0.267. The van der Waals surface area contributed by atoms with Crippen molar-refractivity contribution in [3.63, 3.8) is 0 Å². The summed E-state index contributed by atoms with van der Waals surface area (Å²) in [6.07, 6.45) is 5.84. The van der Waals surface area contributed by atoms with Gasteiger partial charge in [0.1, 0.15) is 41.4 Å². The van der Waals surface area contributed by atoms with Crippen molar-refractivity contribution < 1.29 is 13.9 Å². The number of fused-ring (bicyclic) bond motifs is 5. The Bertz CT molecular complexity index is 1620. The van der Waals surface area contributed by atoms with Gasteiger partial charge in [0.05, 0.1) is 23.2 Å². The van der Waals surface area contributed by atoms with Crippen LogP contribution < -0.4 is 10.1 Å². The van der Waals surface area contributed by atoms with Gasteiger partial charge >= 0.3 is 0 Å². The van der Waals surface area contributed by atoms with Crippen molar-refractivity contribution in [3.8, 4) is 16.2 Å². The summed E-state index contributed by atoms with van der Waals surface area (Å²) < 4.78 is 21.0. The number of aromatic nitrogens is 4. The SMILES string of the molecule is O=CCn1ncc2c1CCc1c-2sc2ncnc(Nc3ccc(OCc4cccc(F)c4)c(Cl)c3)c12. The molecule has 0 fully saturated rings. The highest BCUT2D eigenvalue weighted by Crippen LogP contribution is 2.45. The molecule has 0 spiro atoms. The van der Waals surface area contributed by atoms with Crippen LogP contribution in [0.15, 0.2) is 55.0 Å². The van der Waals surface area contributed by atoms with E-state index in [1.165, 1.54) is 17.7 Å². The molecule has 5 aromatic rings. The molecule has 0 aliphatic heterocycles. The number of aldehydes is 1. The number of aryl methyl sites for hydroxylation is 1. The van der Waals surface area contributed by atoms with Crippen LogP contribution in [0, 0.1) is 5.82 Å². The number of anilines is 2. The first kappa shape index (κ1) is 22.6. The first-order valence-electron chi connectivity index (χ1n) is 11.3. The van der Waals surface area contributed by atoms with Crippen LogP contribution in [-0.4, -0.2) is 26.0 Å². The maximum absolute atomic E-state index is 13.4. The van der Waals surface area contributed by atoms with E-state index in [2.05, 4.69) is 20.4 Å². The lowest BCUT2D eigenvalue weighted by Gasteiger charge is -2.15. The summed E-state index contributed by atoms with van der Waals surface area (Å²) in [7, 11) is 0. The molecule has 3 heterocycles. The van der Waals surface area contributed by atoms with Crippen molar-refractivity contribution >= 4 is 50.9 Å². The maximum atomic E-state index is 13.4. The third kappa shape index (κ3) is 4.10. The molecular weight excluding hydrogens is 501 g/mol. The fraction of sp³-hybridized carbons (Fsp3) is 0.154. The van der Waals surface area contributed by atoms with Gasteiger partial charge in [0.2, 0.25) is 0 Å². The molecule has 0 saturated heterocycles. The van der Waals surface area contributed by atoms with E-state index in [4.69, 9.17) is 16.3 Å². The summed E-state index contributed by atoms with van der Waals surface area (Å²) in [6.45, 7) is 0.466. The van der Waals surface area contributed by atoms with Gasteiger partial charge in [-0.25, -0.2) is 14.4 Å². The number of benzene rings is 2. The number of hydrogen-bond donors (Lipinski definition) is 1. The molecule has 3 aromatic heterocycles. The van der Waals surface area contributed by atoms with Crippen molar-refractivity contribution in [2.45, 2.75) is 26.0 Å². The molecule has 0 bridgehead atoms. The molecule has 1 N–H and O–H groups in total. The van der Waals surface area contributed by atoms with Gasteiger partial charge < -0.3 is 14.8 Å². The van der Waals surface area contributed by atoms with Crippen molar-refractivity contribution in [2.75, 3.05) is 5.32 Å². The van der Waals surface area contributed by atoms with E-state index < -0.39 is 0 Å². The van der Waals surface area contributed by atoms with Crippen LogP contribution in [0.1, 0.15) is 16.8 Å². The van der Waals surface area contributed by atoms with Crippen molar-refractivity contribution in [1.29, 1.82) is 0 Å². The molecule has 0 amide bonds. The van der Waals surface area contributed by atoms with E-state index in [1.807, 2.05) is 12.3 Å². The fourth-order valence-corrected chi connectivity index (χ4v) is 5.96. The molecule has 0 unspecified atom stereocenters. The van der Waals surface area contributed by atoms with Crippen LogP contribution >= 0.6 is 22.9 Å². The largest absolute Gasteiger partial charge is 0.487 e. The summed E-state index contributed by atoms with van der Waals surface area (Å²) in [6, 6.07) is 11.7. The molecule has 10 heteroatoms. The minimum atomic E-state index is -0.306. The number of nitrogens with one attached hydrogen (secondary N) is 1. The van der Waals surface area contributed by atoms with Gasteiger partial charge in [-0.1, -0.05) is 23.7 Å². The standard InChI is InChI=1S/C26H19ClFN5O2S/c27-20-11-17(4-7-22(20)35-13-15-2-1-3-16(28)10-15)32-25-23-18-5-6-21-19(12-31-33(21)8-9-34)24(18)36-26(23)30-14-29-25/h1-4,7,9-12,14H,5-6,8,13H2,(H,29,30,32). The molecule has 0 radical (unpaired) electrons. The zero-order valence-corrected chi connectivity index (χ0v) is 20.4. The number of thiophene rings is 1. The molecule has 7 nitrogen and oxygen atoms in total. The molecule has 1 aliphatic carbocycles. The Morgan fingerprint density at radius 2 is 2.11 bits per heavy atom. The normalized spacial score (nSPS) is 12.3. The Balaban J connectivity index is 1.27. The second kappa shape index (κ2) is 9.33. The van der Waals surface area contributed by atoms with Crippen LogP contribution in [0.5, 0.6) is 5.75 Å². The zero-order chi connectivity index (χ0) is 24.6. The second-order valence-electron chi connectivity index (χ2n) is 8.35. The molecule has 1 aliphatic rings. The summed E-state index contributed by atoms with van der Waals surface area (Å²) in [5, 5.41) is 9.19. The average Bonchev–Trinajstić information content (AvgIpc) is 3.46. The summed E-state index contributed by atoms with van der Waals surface area (Å²) in [5.41, 5.74) is 4.78. The van der Waals surface area contributed by atoms with Gasteiger partial charge in [-0.3, -0.25) is 4.68 Å². The highest BCUT2D eigenvalue weighted by atomic mass is 35.5. The van der Waals surface area contributed by atoms with Crippen molar-refractivity contribution in [3.05, 3.63) is 82.6 Å². The number of carbonyl (C=O) groups is 1. The van der Waals surface area contributed by atoms with Crippen LogP contribution in [0.2, 0.25) is 5.02 Å². The molecule has 2 aromatic carbocycles. The first-order chi connectivity index (χ1) is 17.6. The van der Waals surface area contributed by atoms with Gasteiger partial charge in [0.15, 0.2) is 0 Å². The Hall–Kier alpha value is -3.82. The van der Waals surface area contributed by atoms with E-state index in [0.29, 0.717) is 16.6 Å². The number of hydrogen-bond acceptors (Lipinski definition) is 7. The predicted molar refractivity (Wildman–Crippen MR) is 138 cm³/mol. The van der Waals surface area contributed by atoms with Crippen LogP contribution in [0.3, 0.4) is 0 Å². The lowest BCUT2D eigenvalue weighted by molar-refractivity contribution is -0.108. The van der Waals surface area contributed by atoms with E-state index in [-0.39, 0.29) is 19.0 Å². The minimum Gasteiger partial charge on any atom is -0.487 e. The van der Waals surface area contributed by atoms with Gasteiger partial charge in [0, 0.05) is 21.8 Å². The van der Waals surface area contributed by atoms with Gasteiger partial charge in [-0.15, -0.1) is 11.3 Å². The maximum Gasteiger partial charge on any atom is 0.142 e. The van der Waals surface area contributed by atoms with Crippen LogP contribution in [0.4, 0.5) is 15.9 Å². The van der Waals surface area contributed by atoms with Crippen molar-refractivity contribution in [2.24, 2.45) is 0 Å². The lowest BCUT2D eigenvalue weighted by atomic mass is 9.95. The second-order valence-corrected chi connectivity index (χ2v) is 9.76. The van der Waals surface area contributed by atoms with Gasteiger partial charge in [-0.05, 0) is 54.3 Å². The molecule has 180 valence electrons. The van der Waals surface area contributed by atoms with Crippen LogP contribution in [0.25, 0.3) is 20.7 Å². The highest BCUT2D eigenvalue weighted by Gasteiger charge is 2.26. The average molecular weight is 520 g/mol. The van der Waals surface area contributed by atoms with Crippen LogP contribution in [-0.2, 0) is 30.8 Å². The first-order valence-corrected chi connectivity index (χ1v) is 12.5. The number of halogens is 2. The molecule has 0 saturated carbocycles. The number of carbonyl (C=O) groups excluding carboxylic acids is 1. The van der Waals surface area contributed by atoms with Gasteiger partial charge in [0.25, 0.3) is 0 Å². The van der Waals surface area contributed by atoms with Crippen molar-refractivity contribution in [1.82, 2.24) is 19.7 Å². The van der Waals surface area contributed by atoms with E-state index in [0.717, 1.165) is 56.7 Å². The number of ether oxygens (including phenoxy) is 1. The molecular formula is C26H19ClFN5O2S. The lowest BCUT2D eigenvalue weighted by Crippen LogP contribution is -2.10. The topological polar surface area (TPSA) is 81.9 Å². The Labute approximate surface area is 214 Å². The molecule has 36 heavy (non-hydrogen) atoms. The Morgan fingerprint density at radius 3 is 2.94 bits per heavy atom. The molecule has 6 rings (SSSR count). The Kier molecular flexibility index (Phi) is 5.86. The van der Waals surface area contributed by atoms with E-state index in [9.17, 15) is 9.18 Å². The third-order valence-electron chi connectivity index (χ3n) is 6.12. The predicted octanol–water partition coefficient (Wildman–Crippen LogP) is 5.97. The monoisotopic (exact) mass is 519 g/mol. The third-order valence-corrected chi connectivity index (χ3v) is 7.59. The molecule has 0 atom stereocenters. The summed E-state index contributed by atoms with van der Waals surface area (Å²) in [4.78, 5) is 22.0. The number of rotatable bonds is 7. The Morgan fingerprint density at radius 1 is 1.19 bits per heavy atom. The van der Waals surface area contributed by atoms with Gasteiger partial charge in [-0.2, -0.15) is 5.10 Å². The minimum absolute atomic E-state index is 0.212. The van der Waals surface area contributed by atoms with E-state index >= 15 is 0 Å².